The average molecular weight is 227 g/mol. The summed E-state index contributed by atoms with van der Waals surface area (Å²) in [5.74, 6) is -0.132. The van der Waals surface area contributed by atoms with Crippen molar-refractivity contribution in [1.29, 1.82) is 0 Å². The lowest BCUT2D eigenvalue weighted by atomic mass is 10.2. The molecule has 0 fully saturated rings. The summed E-state index contributed by atoms with van der Waals surface area (Å²) in [6, 6.07) is 0. The Morgan fingerprint density at radius 1 is 1.29 bits per heavy atom. The first-order valence-electron chi connectivity index (χ1n) is 4.70. The molecular weight excluding hydrogens is 206 g/mol. The number of hydrogen-bond acceptors (Lipinski definition) is 4. The van der Waals surface area contributed by atoms with Gasteiger partial charge in [-0.05, 0) is 12.8 Å². The van der Waals surface area contributed by atoms with E-state index in [-0.39, 0.29) is 11.9 Å². The molecule has 4 N–H and O–H groups in total. The highest BCUT2D eigenvalue weighted by Crippen LogP contribution is 1.91. The van der Waals surface area contributed by atoms with Crippen molar-refractivity contribution >= 4 is 10.1 Å². The van der Waals surface area contributed by atoms with Crippen LogP contribution in [0.3, 0.4) is 0 Å². The summed E-state index contributed by atoms with van der Waals surface area (Å²) >= 11 is 0. The molecule has 0 aromatic rings. The Bertz CT molecular complexity index is 203. The van der Waals surface area contributed by atoms with Crippen LogP contribution in [0.25, 0.3) is 0 Å². The fraction of sp³-hybridized carbons (Fsp3) is 1.00. The highest BCUT2D eigenvalue weighted by Gasteiger charge is 1.98. The summed E-state index contributed by atoms with van der Waals surface area (Å²) in [6.45, 7) is 4.11. The van der Waals surface area contributed by atoms with Crippen molar-refractivity contribution in [2.75, 3.05) is 12.3 Å². The lowest BCUT2D eigenvalue weighted by molar-refractivity contribution is 0.172. The lowest BCUT2D eigenvalue weighted by Gasteiger charge is -2.01. The Labute approximate surface area is 86.1 Å². The molecule has 5 nitrogen and oxygen atoms in total. The van der Waals surface area contributed by atoms with Gasteiger partial charge in [0.25, 0.3) is 10.1 Å². The molecule has 0 aromatic heterocycles. The minimum atomic E-state index is -3.67. The smallest absolute Gasteiger partial charge is 0.264 e. The third kappa shape index (κ3) is 17.8. The molecule has 0 aliphatic rings. The van der Waals surface area contributed by atoms with E-state index in [1.165, 1.54) is 0 Å². The minimum Gasteiger partial charge on any atom is -0.392 e. The van der Waals surface area contributed by atoms with E-state index in [0.29, 0.717) is 13.0 Å². The second-order valence-corrected chi connectivity index (χ2v) is 4.54. The average Bonchev–Trinajstić information content (AvgIpc) is 2.03. The van der Waals surface area contributed by atoms with Gasteiger partial charge in [-0.3, -0.25) is 4.55 Å². The van der Waals surface area contributed by atoms with E-state index in [0.717, 1.165) is 12.8 Å². The van der Waals surface area contributed by atoms with Crippen molar-refractivity contribution in [1.82, 2.24) is 0 Å². The molecule has 0 aliphatic carbocycles. The van der Waals surface area contributed by atoms with E-state index in [4.69, 9.17) is 15.4 Å². The maximum atomic E-state index is 9.79. The van der Waals surface area contributed by atoms with Gasteiger partial charge in [-0.15, -0.1) is 0 Å². The van der Waals surface area contributed by atoms with E-state index >= 15 is 0 Å². The molecule has 1 atom stereocenters. The zero-order valence-electron chi connectivity index (χ0n) is 8.81. The second kappa shape index (κ2) is 9.39. The van der Waals surface area contributed by atoms with Crippen molar-refractivity contribution in [3.8, 4) is 0 Å². The molecule has 0 spiro atoms. The lowest BCUT2D eigenvalue weighted by Crippen LogP contribution is -2.18. The van der Waals surface area contributed by atoms with Crippen molar-refractivity contribution in [3.63, 3.8) is 0 Å². The van der Waals surface area contributed by atoms with Gasteiger partial charge in [0.05, 0.1) is 11.9 Å². The third-order valence-electron chi connectivity index (χ3n) is 1.36. The zero-order valence-corrected chi connectivity index (χ0v) is 9.63. The fourth-order valence-corrected chi connectivity index (χ4v) is 1.22. The van der Waals surface area contributed by atoms with E-state index < -0.39 is 10.1 Å². The molecule has 0 amide bonds. The molecule has 0 heterocycles. The molecule has 88 valence electrons. The van der Waals surface area contributed by atoms with Gasteiger partial charge in [0.15, 0.2) is 0 Å². The second-order valence-electron chi connectivity index (χ2n) is 2.96. The number of aliphatic hydroxyl groups excluding tert-OH is 1. The Morgan fingerprint density at radius 2 is 1.79 bits per heavy atom. The molecule has 0 rings (SSSR count). The largest absolute Gasteiger partial charge is 0.392 e. The van der Waals surface area contributed by atoms with Crippen LogP contribution in [-0.4, -0.2) is 36.5 Å². The van der Waals surface area contributed by atoms with E-state index in [1.54, 1.807) is 6.92 Å². The van der Waals surface area contributed by atoms with Crippen molar-refractivity contribution in [3.05, 3.63) is 0 Å². The summed E-state index contributed by atoms with van der Waals surface area (Å²) in [6.07, 6.45) is 2.04. The minimum absolute atomic E-state index is 0.132. The van der Waals surface area contributed by atoms with Gasteiger partial charge in [-0.2, -0.15) is 8.42 Å². The first kappa shape index (κ1) is 16.3. The molecule has 0 aromatic carbocycles. The van der Waals surface area contributed by atoms with Crippen LogP contribution in [0.4, 0.5) is 0 Å². The molecule has 0 saturated heterocycles. The Hall–Kier alpha value is -0.170. The first-order chi connectivity index (χ1) is 6.37. The normalized spacial score (nSPS) is 12.9. The molecule has 0 saturated carbocycles. The van der Waals surface area contributed by atoms with Gasteiger partial charge in [0, 0.05) is 6.54 Å². The molecule has 6 heteroatoms. The van der Waals surface area contributed by atoms with Crippen molar-refractivity contribution in [2.45, 2.75) is 39.2 Å². The van der Waals surface area contributed by atoms with E-state index in [9.17, 15) is 8.42 Å². The Morgan fingerprint density at radius 3 is 1.86 bits per heavy atom. The molecular formula is C8H21NO4S. The van der Waals surface area contributed by atoms with Crippen LogP contribution in [0.5, 0.6) is 0 Å². The van der Waals surface area contributed by atoms with Crippen LogP contribution in [0.2, 0.25) is 0 Å². The van der Waals surface area contributed by atoms with Gasteiger partial charge < -0.3 is 10.8 Å². The Balaban J connectivity index is 0. The molecule has 0 radical (unpaired) electrons. The van der Waals surface area contributed by atoms with Gasteiger partial charge >= 0.3 is 0 Å². The Kier molecular flexibility index (Phi) is 10.9. The highest BCUT2D eigenvalue weighted by molar-refractivity contribution is 7.85. The molecule has 0 bridgehead atoms. The first-order valence-corrected chi connectivity index (χ1v) is 6.31. The van der Waals surface area contributed by atoms with Gasteiger partial charge in [-0.1, -0.05) is 20.3 Å². The van der Waals surface area contributed by atoms with Crippen LogP contribution in [0.1, 0.15) is 33.1 Å². The van der Waals surface area contributed by atoms with Crippen LogP contribution >= 0.6 is 0 Å². The van der Waals surface area contributed by atoms with Crippen LogP contribution in [0.15, 0.2) is 0 Å². The number of aliphatic hydroxyl groups is 1. The molecule has 14 heavy (non-hydrogen) atoms. The predicted octanol–water partition coefficient (Wildman–Crippen LogP) is 0.390. The van der Waals surface area contributed by atoms with Gasteiger partial charge in [-0.25, -0.2) is 0 Å². The van der Waals surface area contributed by atoms with Crippen molar-refractivity contribution in [2.24, 2.45) is 5.73 Å². The summed E-state index contributed by atoms with van der Waals surface area (Å²) in [4.78, 5) is 0. The maximum absolute atomic E-state index is 9.79. The quantitative estimate of drug-likeness (QED) is 0.590. The summed E-state index contributed by atoms with van der Waals surface area (Å²) in [7, 11) is -3.67. The predicted molar refractivity (Wildman–Crippen MR) is 56.7 cm³/mol. The van der Waals surface area contributed by atoms with Crippen LogP contribution < -0.4 is 5.73 Å². The molecule has 0 aliphatic heterocycles. The van der Waals surface area contributed by atoms with E-state index in [2.05, 4.69) is 0 Å². The summed E-state index contributed by atoms with van der Waals surface area (Å²) in [5, 5.41) is 8.73. The van der Waals surface area contributed by atoms with E-state index in [1.807, 2.05) is 6.92 Å². The zero-order chi connectivity index (χ0) is 11.6. The fourth-order valence-electron chi connectivity index (χ4n) is 0.709. The van der Waals surface area contributed by atoms with Crippen LogP contribution in [0, 0.1) is 0 Å². The third-order valence-corrected chi connectivity index (χ3v) is 2.28. The summed E-state index contributed by atoms with van der Waals surface area (Å²) < 4.78 is 27.6. The highest BCUT2D eigenvalue weighted by atomic mass is 32.2. The standard InChI is InChI=1S/C5H13NO.C3H8O3S/c1-2-3-5(7)4-6;1-2-3-7(4,5)6/h5,7H,2-4,6H2,1H3;2-3H2,1H3,(H,4,5,6). The number of nitrogens with two attached hydrogens (primary N) is 1. The topological polar surface area (TPSA) is 101 Å². The van der Waals surface area contributed by atoms with Gasteiger partial charge in [0.1, 0.15) is 0 Å². The monoisotopic (exact) mass is 227 g/mol. The molecule has 1 unspecified atom stereocenters. The summed E-state index contributed by atoms with van der Waals surface area (Å²) in [5.41, 5.74) is 5.11. The maximum Gasteiger partial charge on any atom is 0.264 e. The van der Waals surface area contributed by atoms with Gasteiger partial charge in [0.2, 0.25) is 0 Å². The van der Waals surface area contributed by atoms with Crippen LogP contribution in [-0.2, 0) is 10.1 Å². The van der Waals surface area contributed by atoms with Crippen molar-refractivity contribution < 1.29 is 18.1 Å². The number of hydrogen-bond donors (Lipinski definition) is 3. The number of rotatable bonds is 5. The SMILES string of the molecule is CCCC(O)CN.CCCS(=O)(=O)O.